The van der Waals surface area contributed by atoms with Crippen LogP contribution >= 0.6 is 0 Å². The fourth-order valence-corrected chi connectivity index (χ4v) is 2.55. The standard InChI is InChI=1S/C20H20N2O4/c1-2-6-25-18-7-14(9-20(23)24)8-19(11-18)26-17-5-3-4-15(10-17)16-12-21-22-13-16/h3-5,7-8,10-13H,2,6,9H2,1H3,(H,21,22)(H,23,24). The van der Waals surface area contributed by atoms with Gasteiger partial charge in [-0.3, -0.25) is 9.89 Å². The van der Waals surface area contributed by atoms with E-state index in [1.165, 1.54) is 0 Å². The zero-order chi connectivity index (χ0) is 18.4. The van der Waals surface area contributed by atoms with Gasteiger partial charge < -0.3 is 14.6 Å². The number of hydrogen-bond acceptors (Lipinski definition) is 4. The molecule has 0 aliphatic heterocycles. The number of aromatic nitrogens is 2. The third-order valence-corrected chi connectivity index (χ3v) is 3.67. The molecule has 0 saturated heterocycles. The van der Waals surface area contributed by atoms with Crippen LogP contribution < -0.4 is 9.47 Å². The SMILES string of the molecule is CCCOc1cc(CC(=O)O)cc(Oc2cccc(-c3cn[nH]c3)c2)c1. The number of rotatable bonds is 8. The molecule has 0 atom stereocenters. The Hall–Kier alpha value is -3.28. The Balaban J connectivity index is 1.86. The van der Waals surface area contributed by atoms with E-state index in [0.717, 1.165) is 17.5 Å². The molecule has 134 valence electrons. The first-order valence-electron chi connectivity index (χ1n) is 8.39. The molecule has 3 aromatic rings. The van der Waals surface area contributed by atoms with Crippen molar-refractivity contribution < 1.29 is 19.4 Å². The number of aliphatic carboxylic acids is 1. The molecule has 1 aromatic heterocycles. The molecule has 6 nitrogen and oxygen atoms in total. The van der Waals surface area contributed by atoms with Gasteiger partial charge in [0.1, 0.15) is 17.2 Å². The summed E-state index contributed by atoms with van der Waals surface area (Å²) in [6.45, 7) is 2.58. The molecule has 0 fully saturated rings. The lowest BCUT2D eigenvalue weighted by atomic mass is 10.1. The van der Waals surface area contributed by atoms with Crippen molar-refractivity contribution in [3.63, 3.8) is 0 Å². The fraction of sp³-hybridized carbons (Fsp3) is 0.200. The highest BCUT2D eigenvalue weighted by atomic mass is 16.5. The molecule has 26 heavy (non-hydrogen) atoms. The number of carboxylic acids is 1. The minimum absolute atomic E-state index is 0.0885. The molecule has 0 saturated carbocycles. The highest BCUT2D eigenvalue weighted by Crippen LogP contribution is 2.30. The van der Waals surface area contributed by atoms with Crippen LogP contribution in [0, 0.1) is 0 Å². The summed E-state index contributed by atoms with van der Waals surface area (Å²) in [6.07, 6.45) is 4.33. The lowest BCUT2D eigenvalue weighted by Crippen LogP contribution is -2.02. The maximum Gasteiger partial charge on any atom is 0.307 e. The number of benzene rings is 2. The van der Waals surface area contributed by atoms with Crippen LogP contribution in [0.4, 0.5) is 0 Å². The lowest BCUT2D eigenvalue weighted by Gasteiger charge is -2.12. The molecule has 2 N–H and O–H groups in total. The molecular formula is C20H20N2O4. The van der Waals surface area contributed by atoms with Gasteiger partial charge in [0.05, 0.1) is 19.2 Å². The maximum absolute atomic E-state index is 11.0. The van der Waals surface area contributed by atoms with Crippen LogP contribution in [0.3, 0.4) is 0 Å². The minimum atomic E-state index is -0.898. The van der Waals surface area contributed by atoms with Crippen molar-refractivity contribution in [1.82, 2.24) is 10.2 Å². The van der Waals surface area contributed by atoms with E-state index in [1.807, 2.05) is 37.4 Å². The second-order valence-electron chi connectivity index (χ2n) is 5.85. The number of aromatic amines is 1. The Morgan fingerprint density at radius 3 is 2.69 bits per heavy atom. The van der Waals surface area contributed by atoms with Crippen LogP contribution in [-0.2, 0) is 11.2 Å². The Kier molecular flexibility index (Phi) is 5.53. The summed E-state index contributed by atoms with van der Waals surface area (Å²) >= 11 is 0. The van der Waals surface area contributed by atoms with Gasteiger partial charge in [-0.25, -0.2) is 0 Å². The first kappa shape index (κ1) is 17.5. The first-order chi connectivity index (χ1) is 12.6. The summed E-state index contributed by atoms with van der Waals surface area (Å²) in [5.74, 6) is 0.897. The molecule has 0 radical (unpaired) electrons. The maximum atomic E-state index is 11.0. The Bertz CT molecular complexity index is 875. The monoisotopic (exact) mass is 352 g/mol. The van der Waals surface area contributed by atoms with Gasteiger partial charge >= 0.3 is 5.97 Å². The average molecular weight is 352 g/mol. The summed E-state index contributed by atoms with van der Waals surface area (Å²) in [5, 5.41) is 15.8. The van der Waals surface area contributed by atoms with E-state index in [-0.39, 0.29) is 6.42 Å². The van der Waals surface area contributed by atoms with E-state index in [1.54, 1.807) is 24.4 Å². The summed E-state index contributed by atoms with van der Waals surface area (Å²) in [4.78, 5) is 11.0. The van der Waals surface area contributed by atoms with Gasteiger partial charge in [-0.2, -0.15) is 5.10 Å². The number of hydrogen-bond donors (Lipinski definition) is 2. The van der Waals surface area contributed by atoms with Crippen LogP contribution in [-0.4, -0.2) is 27.9 Å². The third kappa shape index (κ3) is 4.63. The summed E-state index contributed by atoms with van der Waals surface area (Å²) < 4.78 is 11.6. The minimum Gasteiger partial charge on any atom is -0.493 e. The van der Waals surface area contributed by atoms with E-state index in [9.17, 15) is 4.79 Å². The number of H-pyrrole nitrogens is 1. The summed E-state index contributed by atoms with van der Waals surface area (Å²) in [7, 11) is 0. The fourth-order valence-electron chi connectivity index (χ4n) is 2.55. The van der Waals surface area contributed by atoms with Crippen LogP contribution in [0.25, 0.3) is 11.1 Å². The van der Waals surface area contributed by atoms with Gasteiger partial charge in [0.15, 0.2) is 0 Å². The number of ether oxygens (including phenoxy) is 2. The Labute approximate surface area is 151 Å². The van der Waals surface area contributed by atoms with Crippen molar-refractivity contribution in [2.45, 2.75) is 19.8 Å². The molecule has 0 aliphatic rings. The van der Waals surface area contributed by atoms with Gasteiger partial charge in [0, 0.05) is 17.8 Å². The van der Waals surface area contributed by atoms with Crippen molar-refractivity contribution in [3.8, 4) is 28.4 Å². The van der Waals surface area contributed by atoms with Crippen molar-refractivity contribution in [3.05, 3.63) is 60.4 Å². The van der Waals surface area contributed by atoms with Gasteiger partial charge in [-0.1, -0.05) is 19.1 Å². The van der Waals surface area contributed by atoms with Crippen molar-refractivity contribution >= 4 is 5.97 Å². The van der Waals surface area contributed by atoms with Crippen molar-refractivity contribution in [1.29, 1.82) is 0 Å². The van der Waals surface area contributed by atoms with Crippen LogP contribution in [0.2, 0.25) is 0 Å². The predicted molar refractivity (Wildman–Crippen MR) is 97.7 cm³/mol. The van der Waals surface area contributed by atoms with Crippen LogP contribution in [0.5, 0.6) is 17.2 Å². The summed E-state index contributed by atoms with van der Waals surface area (Å²) in [6, 6.07) is 12.8. The Morgan fingerprint density at radius 1 is 1.12 bits per heavy atom. The second kappa shape index (κ2) is 8.20. The quantitative estimate of drug-likeness (QED) is 0.632. The lowest BCUT2D eigenvalue weighted by molar-refractivity contribution is -0.136. The molecule has 0 bridgehead atoms. The second-order valence-corrected chi connectivity index (χ2v) is 5.85. The van der Waals surface area contributed by atoms with Gasteiger partial charge in [-0.15, -0.1) is 0 Å². The van der Waals surface area contributed by atoms with E-state index in [0.29, 0.717) is 29.4 Å². The van der Waals surface area contributed by atoms with Crippen LogP contribution in [0.1, 0.15) is 18.9 Å². The number of nitrogens with zero attached hydrogens (tertiary/aromatic N) is 1. The molecule has 0 aliphatic carbocycles. The molecule has 1 heterocycles. The van der Waals surface area contributed by atoms with Gasteiger partial charge in [-0.05, 0) is 41.8 Å². The molecule has 0 unspecified atom stereocenters. The van der Waals surface area contributed by atoms with E-state index in [4.69, 9.17) is 14.6 Å². The van der Waals surface area contributed by atoms with E-state index in [2.05, 4.69) is 10.2 Å². The highest BCUT2D eigenvalue weighted by Gasteiger charge is 2.09. The smallest absolute Gasteiger partial charge is 0.307 e. The topological polar surface area (TPSA) is 84.4 Å². The largest absolute Gasteiger partial charge is 0.493 e. The summed E-state index contributed by atoms with van der Waals surface area (Å²) in [5.41, 5.74) is 2.56. The molecule has 0 amide bonds. The predicted octanol–water partition coefficient (Wildman–Crippen LogP) is 4.28. The first-order valence-corrected chi connectivity index (χ1v) is 8.39. The normalized spacial score (nSPS) is 10.5. The van der Waals surface area contributed by atoms with Crippen LogP contribution in [0.15, 0.2) is 54.9 Å². The van der Waals surface area contributed by atoms with Gasteiger partial charge in [0.2, 0.25) is 0 Å². The molecule has 3 rings (SSSR count). The number of nitrogens with one attached hydrogen (secondary N) is 1. The third-order valence-electron chi connectivity index (χ3n) is 3.67. The zero-order valence-corrected chi connectivity index (χ0v) is 14.4. The molecule has 2 aromatic carbocycles. The molecular weight excluding hydrogens is 332 g/mol. The highest BCUT2D eigenvalue weighted by molar-refractivity contribution is 5.70. The Morgan fingerprint density at radius 2 is 1.96 bits per heavy atom. The molecule has 0 spiro atoms. The van der Waals surface area contributed by atoms with E-state index < -0.39 is 5.97 Å². The van der Waals surface area contributed by atoms with Crippen molar-refractivity contribution in [2.75, 3.05) is 6.61 Å². The number of carbonyl (C=O) groups is 1. The van der Waals surface area contributed by atoms with E-state index >= 15 is 0 Å². The average Bonchev–Trinajstić information content (AvgIpc) is 3.14. The molecule has 6 heteroatoms. The number of carboxylic acid groups (broad SMARTS) is 1. The zero-order valence-electron chi connectivity index (χ0n) is 14.4. The van der Waals surface area contributed by atoms with Gasteiger partial charge in [0.25, 0.3) is 0 Å². The van der Waals surface area contributed by atoms with Crippen molar-refractivity contribution in [2.24, 2.45) is 0 Å².